The van der Waals surface area contributed by atoms with Crippen LogP contribution in [0.25, 0.3) is 0 Å². The molecule has 0 N–H and O–H groups in total. The summed E-state index contributed by atoms with van der Waals surface area (Å²) in [6.45, 7) is 1.95. The van der Waals surface area contributed by atoms with Gasteiger partial charge in [-0.15, -0.1) is 0 Å². The lowest BCUT2D eigenvalue weighted by atomic mass is 9.93. The first kappa shape index (κ1) is 8.17. The van der Waals surface area contributed by atoms with Gasteiger partial charge in [-0.05, 0) is 31.4 Å². The molecular weight excluding hydrogens is 162 g/mol. The van der Waals surface area contributed by atoms with Crippen LogP contribution in [-0.4, -0.2) is 10.8 Å². The molecule has 1 heterocycles. The van der Waals surface area contributed by atoms with Gasteiger partial charge in [0.05, 0.1) is 0 Å². The van der Waals surface area contributed by atoms with Crippen molar-refractivity contribution in [1.29, 1.82) is 0 Å². The molecule has 1 aliphatic carbocycles. The van der Waals surface area contributed by atoms with Gasteiger partial charge < -0.3 is 0 Å². The van der Waals surface area contributed by atoms with Crippen molar-refractivity contribution in [2.24, 2.45) is 0 Å². The molecule has 13 heavy (non-hydrogen) atoms. The van der Waals surface area contributed by atoms with Crippen LogP contribution in [-0.2, 0) is 0 Å². The number of carbonyl (C=O) groups is 1. The van der Waals surface area contributed by atoms with E-state index in [9.17, 15) is 4.79 Å². The molecule has 2 heteroatoms. The molecule has 0 saturated carbocycles. The van der Waals surface area contributed by atoms with Gasteiger partial charge in [0, 0.05) is 13.2 Å². The van der Waals surface area contributed by atoms with E-state index in [4.69, 9.17) is 0 Å². The number of aromatic nitrogens is 1. The fourth-order valence-corrected chi connectivity index (χ4v) is 1.17. The maximum atomic E-state index is 11.6. The van der Waals surface area contributed by atoms with Crippen LogP contribution in [0.5, 0.6) is 0 Å². The van der Waals surface area contributed by atoms with Crippen LogP contribution in [0.3, 0.4) is 0 Å². The number of hydrogen-bond donors (Lipinski definition) is 0. The zero-order valence-corrected chi connectivity index (χ0v) is 7.45. The molecule has 0 unspecified atom stereocenters. The van der Waals surface area contributed by atoms with Crippen LogP contribution in [0.2, 0.25) is 0 Å². The second-order valence-corrected chi connectivity index (χ2v) is 3.15. The normalized spacial score (nSPS) is 14.7. The van der Waals surface area contributed by atoms with E-state index in [2.05, 4.69) is 4.98 Å². The van der Waals surface area contributed by atoms with Crippen molar-refractivity contribution < 1.29 is 6.22 Å². The minimum Gasteiger partial charge on any atom is -0.287 e. The largest absolute Gasteiger partial charge is 0.287 e. The molecule has 0 aromatic carbocycles. The summed E-state index contributed by atoms with van der Waals surface area (Å²) in [4.78, 5) is 15.6. The Hall–Kier alpha value is -1.44. The Morgan fingerprint density at radius 3 is 2.77 bits per heavy atom. The van der Waals surface area contributed by atoms with Gasteiger partial charge in [0.15, 0.2) is 0 Å². The highest BCUT2D eigenvalue weighted by Gasteiger charge is 2.17. The number of rotatable bonds is 2. The monoisotopic (exact) mass is 174 g/mol. The summed E-state index contributed by atoms with van der Waals surface area (Å²) in [7, 11) is 0. The zero-order valence-electron chi connectivity index (χ0n) is 7.45. The summed E-state index contributed by atoms with van der Waals surface area (Å²) in [5, 5.41) is 0. The lowest BCUT2D eigenvalue weighted by Crippen LogP contribution is -2.10. The van der Waals surface area contributed by atoms with Crippen molar-refractivity contribution in [2.45, 2.75) is 13.3 Å². The molecule has 2 nitrogen and oxygen atoms in total. The van der Waals surface area contributed by atoms with E-state index in [1.165, 1.54) is 0 Å². The predicted molar refractivity (Wildman–Crippen MR) is 52.4 cm³/mol. The number of nitrogens with zero attached hydrogens (tertiary/aromatic N) is 1. The van der Waals surface area contributed by atoms with Gasteiger partial charge in [0.25, 0.3) is 0 Å². The van der Waals surface area contributed by atoms with Crippen LogP contribution in [0.4, 0.5) is 0 Å². The number of allylic oxidation sites excluding steroid dienone is 2. The molecule has 1 aromatic heterocycles. The number of Topliss-reactive ketones (excluding diaryl/α,β-unsaturated/α-hetero) is 1. The molecule has 0 atom stereocenters. The first-order chi connectivity index (χ1) is 6.27. The molecule has 1 aliphatic rings. The van der Waals surface area contributed by atoms with Crippen LogP contribution >= 0.6 is 0 Å². The van der Waals surface area contributed by atoms with Gasteiger partial charge in [-0.25, -0.2) is 0 Å². The van der Waals surface area contributed by atoms with Crippen molar-refractivity contribution in [3.05, 3.63) is 47.7 Å². The summed E-state index contributed by atoms with van der Waals surface area (Å²) in [5.74, 6) is 0.0336. The van der Waals surface area contributed by atoms with E-state index < -0.39 is 0 Å². The smallest absolute Gasteiger partial charge is 0.207 e. The molecule has 2 rings (SSSR count). The maximum Gasteiger partial charge on any atom is 0.207 e. The van der Waals surface area contributed by atoms with Gasteiger partial charge in [-0.3, -0.25) is 9.78 Å². The van der Waals surface area contributed by atoms with Crippen molar-refractivity contribution in [3.8, 4) is 0 Å². The van der Waals surface area contributed by atoms with E-state index in [1.54, 1.807) is 12.3 Å². The molecule has 1 aromatic rings. The van der Waals surface area contributed by atoms with Crippen molar-refractivity contribution >= 4 is 5.78 Å². The maximum absolute atomic E-state index is 11.6. The quantitative estimate of drug-likeness (QED) is 0.644. The van der Waals surface area contributed by atoms with Gasteiger partial charge in [0.1, 0.15) is 5.69 Å². The number of aryl methyl sites for hydroxylation is 1. The molecular formula is C11H12NO. The highest BCUT2D eigenvalue weighted by Crippen LogP contribution is 2.20. The molecule has 1 radical (unpaired) electrons. The molecule has 0 amide bonds. The highest BCUT2D eigenvalue weighted by atomic mass is 16.1. The fourth-order valence-electron chi connectivity index (χ4n) is 1.17. The third-order valence-corrected chi connectivity index (χ3v) is 2.08. The number of ketones is 1. The Morgan fingerprint density at radius 1 is 1.54 bits per heavy atom. The summed E-state index contributed by atoms with van der Waals surface area (Å²) >= 11 is 0. The fraction of sp³-hybridized carbons (Fsp3) is 0.182. The summed E-state index contributed by atoms with van der Waals surface area (Å²) in [5.41, 5.74) is 2.40. The van der Waals surface area contributed by atoms with E-state index in [-0.39, 0.29) is 7.21 Å². The summed E-state index contributed by atoms with van der Waals surface area (Å²) < 4.78 is 0. The van der Waals surface area contributed by atoms with Gasteiger partial charge in [0.2, 0.25) is 5.78 Å². The summed E-state index contributed by atoms with van der Waals surface area (Å²) in [6, 6.07) is 3.67. The highest BCUT2D eigenvalue weighted by molar-refractivity contribution is 6.09. The van der Waals surface area contributed by atoms with Crippen LogP contribution in [0.1, 0.15) is 23.9 Å². The SMILES string of the molecule is Cc1ccc(C(=O)C2=CC[CH]2)nc1.[HH]. The Labute approximate surface area is 78.8 Å². The molecule has 0 fully saturated rings. The van der Waals surface area contributed by atoms with Crippen LogP contribution in [0, 0.1) is 13.3 Å². The van der Waals surface area contributed by atoms with E-state index in [0.717, 1.165) is 17.6 Å². The van der Waals surface area contributed by atoms with Gasteiger partial charge in [-0.1, -0.05) is 12.1 Å². The number of hydrogen-bond acceptors (Lipinski definition) is 2. The predicted octanol–water partition coefficient (Wildman–Crippen LogP) is 2.35. The Kier molecular flexibility index (Phi) is 1.97. The summed E-state index contributed by atoms with van der Waals surface area (Å²) in [6.07, 6.45) is 6.47. The Balaban J connectivity index is 0.000000980. The van der Waals surface area contributed by atoms with Crippen molar-refractivity contribution in [1.82, 2.24) is 4.98 Å². The number of pyridine rings is 1. The second-order valence-electron chi connectivity index (χ2n) is 3.15. The topological polar surface area (TPSA) is 30.0 Å². The minimum atomic E-state index is 0. The van der Waals surface area contributed by atoms with Gasteiger partial charge in [-0.2, -0.15) is 0 Å². The van der Waals surface area contributed by atoms with Crippen LogP contribution < -0.4 is 0 Å². The van der Waals surface area contributed by atoms with Crippen LogP contribution in [0.15, 0.2) is 30.0 Å². The van der Waals surface area contributed by atoms with Gasteiger partial charge >= 0.3 is 0 Å². The molecule has 0 saturated heterocycles. The standard InChI is InChI=1S/C11H10NO.H2/c1-8-5-6-10(12-7-8)11(13)9-3-2-4-9;/h3-7H,2H2,1H3;1H. The first-order valence-electron chi connectivity index (χ1n) is 4.28. The molecule has 0 aliphatic heterocycles. The minimum absolute atomic E-state index is 0. The third kappa shape index (κ3) is 1.52. The zero-order chi connectivity index (χ0) is 9.26. The van der Waals surface area contributed by atoms with Crippen molar-refractivity contribution in [2.75, 3.05) is 0 Å². The molecule has 67 valence electrons. The van der Waals surface area contributed by atoms with E-state index in [1.807, 2.05) is 25.5 Å². The molecule has 0 spiro atoms. The Bertz CT molecular complexity index is 367. The second kappa shape index (κ2) is 3.13. The third-order valence-electron chi connectivity index (χ3n) is 2.08. The lowest BCUT2D eigenvalue weighted by Gasteiger charge is -2.11. The van der Waals surface area contributed by atoms with E-state index >= 15 is 0 Å². The average molecular weight is 174 g/mol. The first-order valence-corrected chi connectivity index (χ1v) is 4.28. The lowest BCUT2D eigenvalue weighted by molar-refractivity contribution is 0.102. The Morgan fingerprint density at radius 2 is 2.31 bits per heavy atom. The molecule has 0 bridgehead atoms. The number of carbonyl (C=O) groups excluding carboxylic acids is 1. The van der Waals surface area contributed by atoms with Crippen molar-refractivity contribution in [3.63, 3.8) is 0 Å². The van der Waals surface area contributed by atoms with E-state index in [0.29, 0.717) is 5.69 Å². The average Bonchev–Trinajstić information content (AvgIpc) is 2.02.